The molecular formula is C16H20ClN3O3S. The van der Waals surface area contributed by atoms with Crippen molar-refractivity contribution in [1.82, 2.24) is 15.5 Å². The number of thiophene rings is 1. The second kappa shape index (κ2) is 8.86. The first-order valence-electron chi connectivity index (χ1n) is 7.55. The zero-order valence-electron chi connectivity index (χ0n) is 13.4. The number of esters is 1. The Labute approximate surface area is 150 Å². The van der Waals surface area contributed by atoms with E-state index in [2.05, 4.69) is 22.1 Å². The van der Waals surface area contributed by atoms with Gasteiger partial charge in [0.2, 0.25) is 0 Å². The van der Waals surface area contributed by atoms with Gasteiger partial charge in [0.05, 0.1) is 23.1 Å². The average molecular weight is 370 g/mol. The van der Waals surface area contributed by atoms with Gasteiger partial charge in [-0.25, -0.2) is 9.59 Å². The number of urea groups is 1. The minimum atomic E-state index is -0.419. The fourth-order valence-corrected chi connectivity index (χ4v) is 3.46. The van der Waals surface area contributed by atoms with E-state index in [1.165, 1.54) is 11.3 Å². The van der Waals surface area contributed by atoms with E-state index >= 15 is 0 Å². The maximum Gasteiger partial charge on any atom is 0.337 e. The Balaban J connectivity index is 2.17. The molecule has 0 aliphatic carbocycles. The van der Waals surface area contributed by atoms with Crippen LogP contribution in [-0.2, 0) is 16.1 Å². The topological polar surface area (TPSA) is 70.7 Å². The van der Waals surface area contributed by atoms with Gasteiger partial charge >= 0.3 is 12.0 Å². The van der Waals surface area contributed by atoms with Crippen molar-refractivity contribution in [3.63, 3.8) is 0 Å². The maximum atomic E-state index is 12.1. The number of nitrogens with one attached hydrogen (secondary N) is 2. The summed E-state index contributed by atoms with van der Waals surface area (Å²) < 4.78 is 5.79. The third-order valence-electron chi connectivity index (χ3n) is 3.35. The lowest BCUT2D eigenvalue weighted by Crippen LogP contribution is -2.46. The van der Waals surface area contributed by atoms with Crippen molar-refractivity contribution in [2.24, 2.45) is 0 Å². The molecule has 130 valence electrons. The van der Waals surface area contributed by atoms with Gasteiger partial charge in [-0.05, 0) is 19.1 Å². The van der Waals surface area contributed by atoms with Crippen LogP contribution in [0.1, 0.15) is 11.8 Å². The van der Waals surface area contributed by atoms with Crippen LogP contribution in [-0.4, -0.2) is 43.1 Å². The lowest BCUT2D eigenvalue weighted by Gasteiger charge is -2.26. The molecule has 1 aromatic rings. The summed E-state index contributed by atoms with van der Waals surface area (Å²) in [7, 11) is 0. The van der Waals surface area contributed by atoms with E-state index in [4.69, 9.17) is 16.3 Å². The molecule has 0 atom stereocenters. The number of carbonyl (C=O) groups is 2. The van der Waals surface area contributed by atoms with Gasteiger partial charge in [-0.15, -0.1) is 17.9 Å². The van der Waals surface area contributed by atoms with Crippen molar-refractivity contribution in [1.29, 1.82) is 0 Å². The van der Waals surface area contributed by atoms with Crippen molar-refractivity contribution in [2.75, 3.05) is 26.2 Å². The first kappa shape index (κ1) is 18.5. The summed E-state index contributed by atoms with van der Waals surface area (Å²) in [4.78, 5) is 26.9. The van der Waals surface area contributed by atoms with Crippen LogP contribution < -0.4 is 10.6 Å². The Morgan fingerprint density at radius 1 is 1.50 bits per heavy atom. The minimum Gasteiger partial charge on any atom is -0.463 e. The van der Waals surface area contributed by atoms with Crippen molar-refractivity contribution in [2.45, 2.75) is 13.5 Å². The number of hydrogen-bond donors (Lipinski definition) is 2. The molecule has 0 unspecified atom stereocenters. The standard InChI is InChI=1S/C16H20ClN3O3S/c1-3-7-20(9-11-5-6-14(17)24-11)10-13-12(15(21)23-4-2)8-18-16(22)19-13/h3,5-6H,1,4,7-10H2,2H3,(H2,18,19,22). The quantitative estimate of drug-likeness (QED) is 0.545. The Bertz CT molecular complexity index is 657. The Hall–Kier alpha value is -1.83. The largest absolute Gasteiger partial charge is 0.463 e. The molecule has 0 saturated heterocycles. The summed E-state index contributed by atoms with van der Waals surface area (Å²) in [5.74, 6) is -0.419. The molecule has 0 fully saturated rings. The summed E-state index contributed by atoms with van der Waals surface area (Å²) in [5.41, 5.74) is 0.997. The van der Waals surface area contributed by atoms with Crippen LogP contribution in [0.2, 0.25) is 4.34 Å². The van der Waals surface area contributed by atoms with Crippen LogP contribution in [0, 0.1) is 0 Å². The molecule has 1 aliphatic rings. The molecule has 2 N–H and O–H groups in total. The van der Waals surface area contributed by atoms with E-state index in [1.807, 2.05) is 12.1 Å². The second-order valence-corrected chi connectivity index (χ2v) is 6.95. The highest BCUT2D eigenvalue weighted by Crippen LogP contribution is 2.23. The summed E-state index contributed by atoms with van der Waals surface area (Å²) in [5, 5.41) is 5.31. The summed E-state index contributed by atoms with van der Waals surface area (Å²) in [6.45, 7) is 7.62. The summed E-state index contributed by atoms with van der Waals surface area (Å²) >= 11 is 7.48. The molecule has 24 heavy (non-hydrogen) atoms. The Morgan fingerprint density at radius 2 is 2.29 bits per heavy atom. The molecule has 0 spiro atoms. The molecular weight excluding hydrogens is 350 g/mol. The van der Waals surface area contributed by atoms with Gasteiger partial charge in [0.25, 0.3) is 0 Å². The van der Waals surface area contributed by atoms with Crippen LogP contribution in [0.4, 0.5) is 4.79 Å². The highest BCUT2D eigenvalue weighted by Gasteiger charge is 2.25. The van der Waals surface area contributed by atoms with Crippen LogP contribution in [0.5, 0.6) is 0 Å². The highest BCUT2D eigenvalue weighted by atomic mass is 35.5. The molecule has 0 radical (unpaired) electrons. The first-order valence-corrected chi connectivity index (χ1v) is 8.74. The van der Waals surface area contributed by atoms with E-state index in [9.17, 15) is 9.59 Å². The lowest BCUT2D eigenvalue weighted by molar-refractivity contribution is -0.138. The number of rotatable bonds is 8. The first-order chi connectivity index (χ1) is 11.5. The smallest absolute Gasteiger partial charge is 0.337 e. The molecule has 0 saturated carbocycles. The third-order valence-corrected chi connectivity index (χ3v) is 4.57. The summed E-state index contributed by atoms with van der Waals surface area (Å²) in [6, 6.07) is 3.49. The molecule has 0 aromatic carbocycles. The third kappa shape index (κ3) is 5.09. The molecule has 2 amide bonds. The fourth-order valence-electron chi connectivity index (χ4n) is 2.33. The van der Waals surface area contributed by atoms with Crippen LogP contribution in [0.3, 0.4) is 0 Å². The SMILES string of the molecule is C=CCN(CC1=C(C(=O)OCC)CNC(=O)N1)Cc1ccc(Cl)s1. The summed E-state index contributed by atoms with van der Waals surface area (Å²) in [6.07, 6.45) is 1.78. The predicted octanol–water partition coefficient (Wildman–Crippen LogP) is 2.52. The monoisotopic (exact) mass is 369 g/mol. The fraction of sp³-hybridized carbons (Fsp3) is 0.375. The molecule has 1 aliphatic heterocycles. The Kier molecular flexibility index (Phi) is 6.84. The van der Waals surface area contributed by atoms with Crippen molar-refractivity contribution < 1.29 is 14.3 Å². The minimum absolute atomic E-state index is 0.159. The van der Waals surface area contributed by atoms with Crippen molar-refractivity contribution in [3.05, 3.63) is 45.3 Å². The van der Waals surface area contributed by atoms with E-state index in [1.54, 1.807) is 13.0 Å². The van der Waals surface area contributed by atoms with Crippen LogP contribution in [0.15, 0.2) is 36.1 Å². The van der Waals surface area contributed by atoms with Gasteiger partial charge < -0.3 is 15.4 Å². The molecule has 2 rings (SSSR count). The van der Waals surface area contributed by atoms with Crippen molar-refractivity contribution in [3.8, 4) is 0 Å². The number of ether oxygens (including phenoxy) is 1. The van der Waals surface area contributed by atoms with Gasteiger partial charge in [0.1, 0.15) is 0 Å². The average Bonchev–Trinajstić information content (AvgIpc) is 2.93. The Morgan fingerprint density at radius 3 is 2.92 bits per heavy atom. The number of hydrogen-bond acceptors (Lipinski definition) is 5. The zero-order valence-corrected chi connectivity index (χ0v) is 15.0. The number of carbonyl (C=O) groups excluding carboxylic acids is 2. The normalized spacial score (nSPS) is 14.4. The second-order valence-electron chi connectivity index (χ2n) is 5.15. The number of amides is 2. The molecule has 8 heteroatoms. The van der Waals surface area contributed by atoms with Crippen LogP contribution >= 0.6 is 22.9 Å². The van der Waals surface area contributed by atoms with E-state index in [-0.39, 0.29) is 19.2 Å². The van der Waals surface area contributed by atoms with Gasteiger partial charge in [-0.1, -0.05) is 17.7 Å². The van der Waals surface area contributed by atoms with E-state index in [0.717, 1.165) is 9.21 Å². The van der Waals surface area contributed by atoms with E-state index in [0.29, 0.717) is 30.9 Å². The highest BCUT2D eigenvalue weighted by molar-refractivity contribution is 7.16. The van der Waals surface area contributed by atoms with E-state index < -0.39 is 5.97 Å². The number of halogens is 1. The zero-order chi connectivity index (χ0) is 17.5. The van der Waals surface area contributed by atoms with Gasteiger partial charge in [-0.2, -0.15) is 0 Å². The number of nitrogens with zero attached hydrogens (tertiary/aromatic N) is 1. The van der Waals surface area contributed by atoms with Gasteiger partial charge in [0.15, 0.2) is 0 Å². The maximum absolute atomic E-state index is 12.1. The predicted molar refractivity (Wildman–Crippen MR) is 95.0 cm³/mol. The van der Waals surface area contributed by atoms with Gasteiger partial charge in [0, 0.05) is 30.2 Å². The molecule has 1 aromatic heterocycles. The molecule has 0 bridgehead atoms. The molecule has 6 nitrogen and oxygen atoms in total. The lowest BCUT2D eigenvalue weighted by atomic mass is 10.1. The van der Waals surface area contributed by atoms with Crippen LogP contribution in [0.25, 0.3) is 0 Å². The van der Waals surface area contributed by atoms with Crippen molar-refractivity contribution >= 4 is 34.9 Å². The molecule has 2 heterocycles. The van der Waals surface area contributed by atoms with Gasteiger partial charge in [-0.3, -0.25) is 4.90 Å².